The lowest BCUT2D eigenvalue weighted by Crippen LogP contribution is -2.12. The first-order valence-electron chi connectivity index (χ1n) is 13.3. The quantitative estimate of drug-likeness (QED) is 0.0887. The van der Waals surface area contributed by atoms with Gasteiger partial charge in [-0.2, -0.15) is 8.42 Å². The average Bonchev–Trinajstić information content (AvgIpc) is 2.73. The fraction of sp³-hybridized carbons (Fsp3) is 0.923. The maximum atomic E-state index is 10.8. The highest BCUT2D eigenvalue weighted by molar-refractivity contribution is 7.80. The molecule has 0 fully saturated rings. The van der Waals surface area contributed by atoms with E-state index in [1.807, 2.05) is 0 Å². The summed E-state index contributed by atoms with van der Waals surface area (Å²) in [6.45, 7) is 4.49. The highest BCUT2D eigenvalue weighted by atomic mass is 32.3. The Kier molecular flexibility index (Phi) is 22.5. The molecule has 0 amide bonds. The standard InChI is InChI=1S/C26H52O4S/c1-3-5-7-9-10-11-12-13-14-15-16-17-18-19-20-22-24-26(23-21-8-6-4-2)25-30-31(27,28)29/h22,24,26H,3-21,23,25H2,1-2H3,(H,27,28,29)/b24-22+. The number of hydrogen-bond acceptors (Lipinski definition) is 3. The van der Waals surface area contributed by atoms with Gasteiger partial charge < -0.3 is 0 Å². The molecular weight excluding hydrogens is 408 g/mol. The van der Waals surface area contributed by atoms with Crippen molar-refractivity contribution in [1.29, 1.82) is 0 Å². The van der Waals surface area contributed by atoms with Gasteiger partial charge in [0.25, 0.3) is 0 Å². The molecule has 0 aromatic rings. The highest BCUT2D eigenvalue weighted by Gasteiger charge is 2.11. The first kappa shape index (κ1) is 30.6. The van der Waals surface area contributed by atoms with E-state index in [1.54, 1.807) is 0 Å². The van der Waals surface area contributed by atoms with Gasteiger partial charge in [0.1, 0.15) is 0 Å². The molecule has 31 heavy (non-hydrogen) atoms. The minimum absolute atomic E-state index is 0.0419. The molecule has 0 heterocycles. The van der Waals surface area contributed by atoms with E-state index in [2.05, 4.69) is 30.2 Å². The van der Waals surface area contributed by atoms with Crippen molar-refractivity contribution in [2.24, 2.45) is 5.92 Å². The molecule has 4 nitrogen and oxygen atoms in total. The van der Waals surface area contributed by atoms with Crippen LogP contribution in [0.25, 0.3) is 0 Å². The van der Waals surface area contributed by atoms with Gasteiger partial charge in [-0.1, -0.05) is 135 Å². The van der Waals surface area contributed by atoms with E-state index in [0.717, 1.165) is 25.7 Å². The lowest BCUT2D eigenvalue weighted by molar-refractivity contribution is 0.234. The van der Waals surface area contributed by atoms with Crippen LogP contribution in [0.3, 0.4) is 0 Å². The molecule has 0 aliphatic rings. The second-order valence-electron chi connectivity index (χ2n) is 9.13. The summed E-state index contributed by atoms with van der Waals surface area (Å²) in [6.07, 6.45) is 29.9. The highest BCUT2D eigenvalue weighted by Crippen LogP contribution is 2.16. The summed E-state index contributed by atoms with van der Waals surface area (Å²) < 4.78 is 35.1. The number of allylic oxidation sites excluding steroid dienone is 1. The molecule has 0 aliphatic heterocycles. The van der Waals surface area contributed by atoms with E-state index in [4.69, 9.17) is 4.55 Å². The van der Waals surface area contributed by atoms with Crippen molar-refractivity contribution in [3.63, 3.8) is 0 Å². The predicted molar refractivity (Wildman–Crippen MR) is 134 cm³/mol. The largest absolute Gasteiger partial charge is 0.397 e. The van der Waals surface area contributed by atoms with Crippen LogP contribution in [0.1, 0.15) is 142 Å². The van der Waals surface area contributed by atoms with Crippen molar-refractivity contribution in [2.45, 2.75) is 142 Å². The van der Waals surface area contributed by atoms with Crippen LogP contribution in [0.4, 0.5) is 0 Å². The van der Waals surface area contributed by atoms with E-state index in [0.29, 0.717) is 0 Å². The first-order chi connectivity index (χ1) is 15.0. The van der Waals surface area contributed by atoms with Gasteiger partial charge in [0.15, 0.2) is 0 Å². The molecule has 0 bridgehead atoms. The summed E-state index contributed by atoms with van der Waals surface area (Å²) >= 11 is 0. The Morgan fingerprint density at radius 3 is 1.55 bits per heavy atom. The average molecular weight is 461 g/mol. The Morgan fingerprint density at radius 2 is 1.10 bits per heavy atom. The molecule has 1 N–H and O–H groups in total. The summed E-state index contributed by atoms with van der Waals surface area (Å²) in [5.74, 6) is 0.0606. The van der Waals surface area contributed by atoms with Crippen LogP contribution in [-0.4, -0.2) is 19.6 Å². The zero-order chi connectivity index (χ0) is 23.0. The predicted octanol–water partition coefficient (Wildman–Crippen LogP) is 8.82. The Morgan fingerprint density at radius 1 is 0.677 bits per heavy atom. The van der Waals surface area contributed by atoms with Gasteiger partial charge in [0.2, 0.25) is 0 Å². The smallest absolute Gasteiger partial charge is 0.264 e. The van der Waals surface area contributed by atoms with E-state index in [9.17, 15) is 8.42 Å². The van der Waals surface area contributed by atoms with Crippen LogP contribution in [0.15, 0.2) is 12.2 Å². The van der Waals surface area contributed by atoms with Gasteiger partial charge in [-0.3, -0.25) is 4.55 Å². The van der Waals surface area contributed by atoms with Crippen molar-refractivity contribution < 1.29 is 17.2 Å². The fourth-order valence-corrected chi connectivity index (χ4v) is 4.33. The van der Waals surface area contributed by atoms with E-state index < -0.39 is 10.4 Å². The first-order valence-corrected chi connectivity index (χ1v) is 14.6. The van der Waals surface area contributed by atoms with E-state index in [-0.39, 0.29) is 12.5 Å². The van der Waals surface area contributed by atoms with Crippen LogP contribution in [0.2, 0.25) is 0 Å². The second-order valence-corrected chi connectivity index (χ2v) is 10.2. The van der Waals surface area contributed by atoms with Crippen molar-refractivity contribution in [3.05, 3.63) is 12.2 Å². The molecule has 1 unspecified atom stereocenters. The molecule has 0 aromatic heterocycles. The van der Waals surface area contributed by atoms with Gasteiger partial charge in [0, 0.05) is 5.92 Å². The lowest BCUT2D eigenvalue weighted by Gasteiger charge is -2.11. The Balaban J connectivity index is 3.65. The summed E-state index contributed by atoms with van der Waals surface area (Å²) in [4.78, 5) is 0. The summed E-state index contributed by atoms with van der Waals surface area (Å²) in [7, 11) is -4.35. The minimum atomic E-state index is -4.35. The molecule has 0 radical (unpaired) electrons. The molecule has 1 atom stereocenters. The third kappa shape index (κ3) is 25.7. The van der Waals surface area contributed by atoms with Gasteiger partial charge in [0.05, 0.1) is 6.61 Å². The number of rotatable bonds is 24. The monoisotopic (exact) mass is 460 g/mol. The summed E-state index contributed by atoms with van der Waals surface area (Å²) in [6, 6.07) is 0. The Hall–Kier alpha value is -0.390. The maximum absolute atomic E-state index is 10.8. The molecule has 0 saturated heterocycles. The Labute approximate surface area is 194 Å². The zero-order valence-corrected chi connectivity index (χ0v) is 21.5. The Bertz CT molecular complexity index is 488. The van der Waals surface area contributed by atoms with Gasteiger partial charge in [-0.15, -0.1) is 0 Å². The molecular formula is C26H52O4S. The summed E-state index contributed by atoms with van der Waals surface area (Å²) in [5, 5.41) is 0. The molecule has 0 aliphatic carbocycles. The van der Waals surface area contributed by atoms with E-state index >= 15 is 0 Å². The van der Waals surface area contributed by atoms with Crippen LogP contribution in [0, 0.1) is 5.92 Å². The second kappa shape index (κ2) is 22.8. The molecule has 0 saturated carbocycles. The van der Waals surface area contributed by atoms with Crippen molar-refractivity contribution in [3.8, 4) is 0 Å². The molecule has 5 heteroatoms. The molecule has 0 aromatic carbocycles. The van der Waals surface area contributed by atoms with E-state index in [1.165, 1.54) is 103 Å². The normalized spacial score (nSPS) is 13.3. The van der Waals surface area contributed by atoms with Crippen LogP contribution >= 0.6 is 0 Å². The lowest BCUT2D eigenvalue weighted by atomic mass is 10.00. The molecule has 186 valence electrons. The van der Waals surface area contributed by atoms with Crippen LogP contribution < -0.4 is 0 Å². The van der Waals surface area contributed by atoms with Crippen LogP contribution in [-0.2, 0) is 14.6 Å². The number of unbranched alkanes of at least 4 members (excludes halogenated alkanes) is 17. The third-order valence-corrected chi connectivity index (χ3v) is 6.43. The van der Waals surface area contributed by atoms with Crippen molar-refractivity contribution in [2.75, 3.05) is 6.61 Å². The molecule has 0 spiro atoms. The summed E-state index contributed by atoms with van der Waals surface area (Å²) in [5.41, 5.74) is 0. The maximum Gasteiger partial charge on any atom is 0.397 e. The van der Waals surface area contributed by atoms with Crippen LogP contribution in [0.5, 0.6) is 0 Å². The SMILES string of the molecule is CCCCCCCCCCCCCCCC/C=C/C(CCCCCC)COS(=O)(=O)O. The van der Waals surface area contributed by atoms with Gasteiger partial charge >= 0.3 is 10.4 Å². The van der Waals surface area contributed by atoms with Crippen molar-refractivity contribution >= 4 is 10.4 Å². The zero-order valence-electron chi connectivity index (χ0n) is 20.7. The third-order valence-electron chi connectivity index (χ3n) is 5.99. The van der Waals surface area contributed by atoms with Gasteiger partial charge in [-0.25, -0.2) is 4.18 Å². The topological polar surface area (TPSA) is 63.6 Å². The molecule has 0 rings (SSSR count). The van der Waals surface area contributed by atoms with Gasteiger partial charge in [-0.05, 0) is 19.3 Å². The number of hydrogen-bond donors (Lipinski definition) is 1. The van der Waals surface area contributed by atoms with Crippen molar-refractivity contribution in [1.82, 2.24) is 0 Å². The fourth-order valence-electron chi connectivity index (χ4n) is 3.99. The minimum Gasteiger partial charge on any atom is -0.264 e.